The third kappa shape index (κ3) is 6.29. The molecule has 1 rings (SSSR count). The van der Waals surface area contributed by atoms with Gasteiger partial charge in [-0.3, -0.25) is 9.36 Å². The summed E-state index contributed by atoms with van der Waals surface area (Å²) in [5.41, 5.74) is 4.46. The van der Waals surface area contributed by atoms with Gasteiger partial charge in [0, 0.05) is 26.2 Å². The molecule has 0 aromatic heterocycles. The van der Waals surface area contributed by atoms with Crippen molar-refractivity contribution in [3.63, 3.8) is 0 Å². The third-order valence-corrected chi connectivity index (χ3v) is 7.27. The Morgan fingerprint density at radius 2 is 1.77 bits per heavy atom. The number of carbonyl (C=O) groups is 1. The maximum Gasteiger partial charge on any atom is 0.345 e. The fraction of sp³-hybridized carbons (Fsp3) is 0.941. The van der Waals surface area contributed by atoms with E-state index in [0.29, 0.717) is 32.8 Å². The standard InChI is InChI=1S/C17H37N4O4P/c1-6-7-8-9-14-25-26(23,19(4)5)21-12-10-20(11-13-21)16(22)17(2,3)24-15-18/h6-15,18H2,1-5H3. The highest BCUT2D eigenvalue weighted by atomic mass is 31.2. The van der Waals surface area contributed by atoms with Gasteiger partial charge in [0.1, 0.15) is 5.60 Å². The first-order valence-electron chi connectivity index (χ1n) is 9.50. The van der Waals surface area contributed by atoms with Gasteiger partial charge in [-0.15, -0.1) is 0 Å². The predicted octanol–water partition coefficient (Wildman–Crippen LogP) is 2.11. The van der Waals surface area contributed by atoms with Gasteiger partial charge in [0.2, 0.25) is 0 Å². The molecule has 0 aliphatic carbocycles. The lowest BCUT2D eigenvalue weighted by atomic mass is 10.1. The Bertz CT molecular complexity index is 479. The molecule has 1 heterocycles. The van der Waals surface area contributed by atoms with Crippen LogP contribution in [0.2, 0.25) is 0 Å². The van der Waals surface area contributed by atoms with Crippen molar-refractivity contribution in [3.8, 4) is 0 Å². The minimum atomic E-state index is -3.05. The number of amides is 1. The summed E-state index contributed by atoms with van der Waals surface area (Å²) in [5.74, 6) is -0.0947. The molecule has 8 nitrogen and oxygen atoms in total. The summed E-state index contributed by atoms with van der Waals surface area (Å²) >= 11 is 0. The second kappa shape index (κ2) is 10.7. The average molecular weight is 392 g/mol. The number of hydrogen-bond donors (Lipinski definition) is 1. The molecule has 1 aliphatic heterocycles. The van der Waals surface area contributed by atoms with Crippen LogP contribution in [0.15, 0.2) is 0 Å². The Hall–Kier alpha value is -0.500. The van der Waals surface area contributed by atoms with Crippen molar-refractivity contribution in [2.45, 2.75) is 52.1 Å². The highest BCUT2D eigenvalue weighted by Crippen LogP contribution is 2.52. The predicted molar refractivity (Wildman–Crippen MR) is 104 cm³/mol. The van der Waals surface area contributed by atoms with Gasteiger partial charge in [0.05, 0.1) is 13.3 Å². The zero-order chi connectivity index (χ0) is 19.8. The quantitative estimate of drug-likeness (QED) is 0.327. The Morgan fingerprint density at radius 1 is 1.15 bits per heavy atom. The normalized spacial score (nSPS) is 19.0. The van der Waals surface area contributed by atoms with Crippen LogP contribution in [-0.4, -0.2) is 79.4 Å². The van der Waals surface area contributed by atoms with E-state index in [4.69, 9.17) is 15.0 Å². The largest absolute Gasteiger partial charge is 0.351 e. The molecule has 1 fully saturated rings. The number of hydrogen-bond acceptors (Lipinski definition) is 5. The van der Waals surface area contributed by atoms with E-state index in [1.807, 2.05) is 4.67 Å². The molecule has 1 unspecified atom stereocenters. The van der Waals surface area contributed by atoms with Gasteiger partial charge in [-0.25, -0.2) is 9.34 Å². The van der Waals surface area contributed by atoms with Crippen LogP contribution in [0.1, 0.15) is 46.5 Å². The first-order chi connectivity index (χ1) is 12.2. The molecule has 1 atom stereocenters. The molecule has 0 bridgehead atoms. The number of nitrogens with two attached hydrogens (primary N) is 1. The summed E-state index contributed by atoms with van der Waals surface area (Å²) in [4.78, 5) is 14.3. The molecule has 1 saturated heterocycles. The maximum absolute atomic E-state index is 13.4. The van der Waals surface area contributed by atoms with Crippen LogP contribution < -0.4 is 5.73 Å². The molecule has 2 N–H and O–H groups in total. The van der Waals surface area contributed by atoms with Crippen LogP contribution in [0.4, 0.5) is 0 Å². The molecule has 26 heavy (non-hydrogen) atoms. The van der Waals surface area contributed by atoms with Gasteiger partial charge in [0.25, 0.3) is 5.91 Å². The van der Waals surface area contributed by atoms with Gasteiger partial charge < -0.3 is 19.9 Å². The van der Waals surface area contributed by atoms with Crippen LogP contribution in [0.3, 0.4) is 0 Å². The van der Waals surface area contributed by atoms with E-state index in [9.17, 15) is 9.36 Å². The lowest BCUT2D eigenvalue weighted by Crippen LogP contribution is -2.55. The van der Waals surface area contributed by atoms with Crippen molar-refractivity contribution in [1.29, 1.82) is 0 Å². The molecule has 0 spiro atoms. The van der Waals surface area contributed by atoms with E-state index in [-0.39, 0.29) is 12.6 Å². The molecular weight excluding hydrogens is 355 g/mol. The fourth-order valence-corrected chi connectivity index (χ4v) is 4.92. The maximum atomic E-state index is 13.4. The van der Waals surface area contributed by atoms with Crippen molar-refractivity contribution in [1.82, 2.24) is 14.2 Å². The zero-order valence-corrected chi connectivity index (χ0v) is 18.0. The Morgan fingerprint density at radius 3 is 2.27 bits per heavy atom. The highest BCUT2D eigenvalue weighted by molar-refractivity contribution is 7.53. The molecular formula is C17H37N4O4P. The van der Waals surface area contributed by atoms with Gasteiger partial charge >= 0.3 is 7.67 Å². The van der Waals surface area contributed by atoms with Gasteiger partial charge in [0.15, 0.2) is 0 Å². The van der Waals surface area contributed by atoms with Crippen molar-refractivity contribution in [3.05, 3.63) is 0 Å². The number of ether oxygens (including phenoxy) is 1. The van der Waals surface area contributed by atoms with Crippen LogP contribution in [0.25, 0.3) is 0 Å². The molecule has 1 aliphatic rings. The van der Waals surface area contributed by atoms with E-state index in [1.165, 1.54) is 0 Å². The third-order valence-electron chi connectivity index (χ3n) is 4.62. The van der Waals surface area contributed by atoms with Crippen LogP contribution in [0.5, 0.6) is 0 Å². The number of rotatable bonds is 11. The van der Waals surface area contributed by atoms with E-state index >= 15 is 0 Å². The van der Waals surface area contributed by atoms with Crippen molar-refractivity contribution < 1.29 is 18.6 Å². The van der Waals surface area contributed by atoms with Crippen molar-refractivity contribution in [2.24, 2.45) is 5.73 Å². The van der Waals surface area contributed by atoms with Gasteiger partial charge in [-0.05, 0) is 34.4 Å². The molecule has 154 valence electrons. The van der Waals surface area contributed by atoms with E-state index in [1.54, 1.807) is 37.5 Å². The zero-order valence-electron chi connectivity index (χ0n) is 17.1. The van der Waals surface area contributed by atoms with E-state index < -0.39 is 13.3 Å². The van der Waals surface area contributed by atoms with Crippen LogP contribution >= 0.6 is 7.67 Å². The summed E-state index contributed by atoms with van der Waals surface area (Å²) in [7, 11) is 0.513. The second-order valence-corrected chi connectivity index (χ2v) is 9.90. The average Bonchev–Trinajstić information content (AvgIpc) is 2.60. The number of unbranched alkanes of at least 4 members (excludes halogenated alkanes) is 3. The topological polar surface area (TPSA) is 88.3 Å². The molecule has 0 saturated carbocycles. The Balaban J connectivity index is 2.61. The van der Waals surface area contributed by atoms with E-state index in [0.717, 1.165) is 25.7 Å². The Kier molecular flexibility index (Phi) is 9.72. The van der Waals surface area contributed by atoms with Gasteiger partial charge in [-0.1, -0.05) is 26.2 Å². The van der Waals surface area contributed by atoms with Crippen LogP contribution in [0, 0.1) is 0 Å². The van der Waals surface area contributed by atoms with Crippen LogP contribution in [-0.2, 0) is 18.6 Å². The molecule has 0 aromatic rings. The summed E-state index contributed by atoms with van der Waals surface area (Å²) in [6.07, 6.45) is 4.32. The minimum Gasteiger partial charge on any atom is -0.351 e. The second-order valence-electron chi connectivity index (χ2n) is 7.30. The monoisotopic (exact) mass is 392 g/mol. The lowest BCUT2D eigenvalue weighted by Gasteiger charge is -2.42. The lowest BCUT2D eigenvalue weighted by molar-refractivity contribution is -0.155. The summed E-state index contributed by atoms with van der Waals surface area (Å²) < 4.78 is 28.1. The van der Waals surface area contributed by atoms with Crippen molar-refractivity contribution in [2.75, 3.05) is 53.6 Å². The fourth-order valence-electron chi connectivity index (χ4n) is 2.96. The smallest absolute Gasteiger partial charge is 0.345 e. The van der Waals surface area contributed by atoms with Crippen molar-refractivity contribution >= 4 is 13.6 Å². The summed E-state index contributed by atoms with van der Waals surface area (Å²) in [5, 5.41) is 0. The summed E-state index contributed by atoms with van der Waals surface area (Å²) in [6.45, 7) is 8.10. The van der Waals surface area contributed by atoms with Gasteiger partial charge in [-0.2, -0.15) is 0 Å². The molecule has 0 radical (unpaired) electrons. The number of carbonyl (C=O) groups excluding carboxylic acids is 1. The van der Waals surface area contributed by atoms with E-state index in [2.05, 4.69) is 6.92 Å². The molecule has 1 amide bonds. The first-order valence-corrected chi connectivity index (χ1v) is 11.0. The Labute approximate surface area is 158 Å². The first kappa shape index (κ1) is 23.5. The number of piperazine rings is 1. The minimum absolute atomic E-state index is 0.000404. The number of nitrogens with zero attached hydrogens (tertiary/aromatic N) is 3. The molecule has 9 heteroatoms. The molecule has 0 aromatic carbocycles. The SMILES string of the molecule is CCCCCCOP(=O)(N(C)C)N1CCN(C(=O)C(C)(C)OCN)CC1. The summed E-state index contributed by atoms with van der Waals surface area (Å²) in [6, 6.07) is 0. The highest BCUT2D eigenvalue weighted by Gasteiger charge is 2.40.